The number of amides is 1. The van der Waals surface area contributed by atoms with E-state index < -0.39 is 0 Å². The minimum atomic E-state index is 0.0910. The Balaban J connectivity index is 2.21. The number of carbonyl (C=O) groups is 1. The van der Waals surface area contributed by atoms with Crippen LogP contribution in [0.4, 0.5) is 0 Å². The number of morpholine rings is 1. The molecule has 98 valence electrons. The van der Waals surface area contributed by atoms with E-state index in [1.807, 2.05) is 43.9 Å². The third kappa shape index (κ3) is 2.75. The van der Waals surface area contributed by atoms with Gasteiger partial charge in [0.2, 0.25) is 0 Å². The molecule has 18 heavy (non-hydrogen) atoms. The van der Waals surface area contributed by atoms with Gasteiger partial charge < -0.3 is 9.64 Å². The van der Waals surface area contributed by atoms with Crippen LogP contribution in [-0.2, 0) is 4.74 Å². The van der Waals surface area contributed by atoms with Gasteiger partial charge in [-0.2, -0.15) is 0 Å². The first kappa shape index (κ1) is 13.6. The van der Waals surface area contributed by atoms with Crippen molar-refractivity contribution in [2.75, 3.05) is 13.2 Å². The molecule has 1 aliphatic heterocycles. The topological polar surface area (TPSA) is 29.5 Å². The highest BCUT2D eigenvalue weighted by Gasteiger charge is 2.28. The van der Waals surface area contributed by atoms with Crippen molar-refractivity contribution in [1.29, 1.82) is 0 Å². The molecule has 0 radical (unpaired) electrons. The van der Waals surface area contributed by atoms with Gasteiger partial charge in [-0.3, -0.25) is 4.79 Å². The number of hydrogen-bond donors (Lipinski definition) is 0. The number of aryl methyl sites for hydroxylation is 1. The predicted octanol–water partition coefficient (Wildman–Crippen LogP) is 3.01. The number of nitrogens with zero attached hydrogens (tertiary/aromatic N) is 1. The maximum Gasteiger partial charge on any atom is 0.254 e. The molecule has 1 aromatic rings. The number of hydrogen-bond acceptors (Lipinski definition) is 2. The van der Waals surface area contributed by atoms with Gasteiger partial charge in [0, 0.05) is 16.6 Å². The highest BCUT2D eigenvalue weighted by atomic mass is 79.9. The van der Waals surface area contributed by atoms with E-state index in [2.05, 4.69) is 15.9 Å². The summed E-state index contributed by atoms with van der Waals surface area (Å²) in [5, 5.41) is 0. The summed E-state index contributed by atoms with van der Waals surface area (Å²) in [6.45, 7) is 7.29. The van der Waals surface area contributed by atoms with Crippen LogP contribution in [0.1, 0.15) is 29.8 Å². The Morgan fingerprint density at radius 2 is 2.17 bits per heavy atom. The highest BCUT2D eigenvalue weighted by Crippen LogP contribution is 2.20. The zero-order valence-corrected chi connectivity index (χ0v) is 12.5. The molecule has 1 amide bonds. The smallest absolute Gasteiger partial charge is 0.254 e. The molecular weight excluding hydrogens is 294 g/mol. The van der Waals surface area contributed by atoms with Crippen LogP contribution in [0.2, 0.25) is 0 Å². The summed E-state index contributed by atoms with van der Waals surface area (Å²) >= 11 is 3.45. The fourth-order valence-corrected chi connectivity index (χ4v) is 2.38. The fourth-order valence-electron chi connectivity index (χ4n) is 2.13. The van der Waals surface area contributed by atoms with E-state index in [9.17, 15) is 4.79 Å². The molecule has 2 atom stereocenters. The molecule has 0 bridgehead atoms. The van der Waals surface area contributed by atoms with E-state index in [1.54, 1.807) is 0 Å². The van der Waals surface area contributed by atoms with Crippen LogP contribution in [0.25, 0.3) is 0 Å². The van der Waals surface area contributed by atoms with Gasteiger partial charge in [0.1, 0.15) is 0 Å². The minimum absolute atomic E-state index is 0.0910. The number of halogens is 1. The lowest BCUT2D eigenvalue weighted by Gasteiger charge is -2.36. The third-order valence-electron chi connectivity index (χ3n) is 3.27. The molecule has 0 spiro atoms. The molecule has 3 nitrogen and oxygen atoms in total. The lowest BCUT2D eigenvalue weighted by Crippen LogP contribution is -2.50. The van der Waals surface area contributed by atoms with Crippen molar-refractivity contribution in [2.45, 2.75) is 32.9 Å². The summed E-state index contributed by atoms with van der Waals surface area (Å²) in [5.41, 5.74) is 1.83. The standard InChI is InChI=1S/C14H18BrNO2/c1-9-6-12(4-5-13(9)15)14(17)16-7-11(3)18-8-10(16)2/h4-6,10-11H,7-8H2,1-3H3. The number of rotatable bonds is 1. The summed E-state index contributed by atoms with van der Waals surface area (Å²) in [7, 11) is 0. The molecule has 1 aromatic carbocycles. The summed E-state index contributed by atoms with van der Waals surface area (Å²) in [4.78, 5) is 14.4. The molecule has 0 N–H and O–H groups in total. The van der Waals surface area contributed by atoms with E-state index in [4.69, 9.17) is 4.74 Å². The molecular formula is C14H18BrNO2. The van der Waals surface area contributed by atoms with Crippen molar-refractivity contribution < 1.29 is 9.53 Å². The SMILES string of the molecule is Cc1cc(C(=O)N2CC(C)OCC2C)ccc1Br. The van der Waals surface area contributed by atoms with Crippen molar-refractivity contribution in [3.05, 3.63) is 33.8 Å². The molecule has 2 unspecified atom stereocenters. The second kappa shape index (κ2) is 5.41. The Morgan fingerprint density at radius 1 is 1.44 bits per heavy atom. The zero-order valence-electron chi connectivity index (χ0n) is 10.9. The molecule has 0 aliphatic carbocycles. The Bertz CT molecular complexity index is 461. The van der Waals surface area contributed by atoms with Gasteiger partial charge in [0.05, 0.1) is 18.8 Å². The van der Waals surface area contributed by atoms with E-state index in [-0.39, 0.29) is 18.1 Å². The molecule has 0 saturated carbocycles. The van der Waals surface area contributed by atoms with Gasteiger partial charge in [0.15, 0.2) is 0 Å². The summed E-state index contributed by atoms with van der Waals surface area (Å²) in [6, 6.07) is 5.86. The maximum absolute atomic E-state index is 12.5. The van der Waals surface area contributed by atoms with Crippen molar-refractivity contribution in [3.63, 3.8) is 0 Å². The van der Waals surface area contributed by atoms with E-state index in [0.29, 0.717) is 13.2 Å². The Labute approximate surface area is 116 Å². The Kier molecular flexibility index (Phi) is 4.07. The first-order chi connectivity index (χ1) is 8.49. The molecule has 1 aliphatic rings. The average Bonchev–Trinajstić information content (AvgIpc) is 2.35. The maximum atomic E-state index is 12.5. The monoisotopic (exact) mass is 311 g/mol. The summed E-state index contributed by atoms with van der Waals surface area (Å²) in [5.74, 6) is 0.0910. The van der Waals surface area contributed by atoms with Gasteiger partial charge in [-0.25, -0.2) is 0 Å². The van der Waals surface area contributed by atoms with Crippen LogP contribution in [0, 0.1) is 6.92 Å². The predicted molar refractivity (Wildman–Crippen MR) is 74.8 cm³/mol. The van der Waals surface area contributed by atoms with Crippen LogP contribution in [0.5, 0.6) is 0 Å². The second-order valence-electron chi connectivity index (χ2n) is 4.91. The first-order valence-electron chi connectivity index (χ1n) is 6.17. The van der Waals surface area contributed by atoms with Crippen molar-refractivity contribution >= 4 is 21.8 Å². The van der Waals surface area contributed by atoms with Crippen LogP contribution >= 0.6 is 15.9 Å². The van der Waals surface area contributed by atoms with Crippen molar-refractivity contribution in [2.24, 2.45) is 0 Å². The lowest BCUT2D eigenvalue weighted by molar-refractivity contribution is -0.0387. The first-order valence-corrected chi connectivity index (χ1v) is 6.97. The Morgan fingerprint density at radius 3 is 2.83 bits per heavy atom. The molecule has 2 rings (SSSR count). The van der Waals surface area contributed by atoms with Crippen LogP contribution in [0.15, 0.2) is 22.7 Å². The quantitative estimate of drug-likeness (QED) is 0.798. The summed E-state index contributed by atoms with van der Waals surface area (Å²) < 4.78 is 6.58. The van der Waals surface area contributed by atoms with Gasteiger partial charge in [-0.1, -0.05) is 15.9 Å². The normalized spacial score (nSPS) is 24.1. The molecule has 1 fully saturated rings. The average molecular weight is 312 g/mol. The highest BCUT2D eigenvalue weighted by molar-refractivity contribution is 9.10. The van der Waals surface area contributed by atoms with Crippen LogP contribution < -0.4 is 0 Å². The Hall–Kier alpha value is -0.870. The number of carbonyl (C=O) groups excluding carboxylic acids is 1. The largest absolute Gasteiger partial charge is 0.375 e. The van der Waals surface area contributed by atoms with Gasteiger partial charge in [-0.05, 0) is 44.5 Å². The van der Waals surface area contributed by atoms with E-state index in [1.165, 1.54) is 0 Å². The van der Waals surface area contributed by atoms with Gasteiger partial charge in [-0.15, -0.1) is 0 Å². The van der Waals surface area contributed by atoms with Crippen LogP contribution in [0.3, 0.4) is 0 Å². The molecule has 1 heterocycles. The fraction of sp³-hybridized carbons (Fsp3) is 0.500. The van der Waals surface area contributed by atoms with Crippen molar-refractivity contribution in [1.82, 2.24) is 4.90 Å². The molecule has 1 saturated heterocycles. The van der Waals surface area contributed by atoms with Crippen molar-refractivity contribution in [3.8, 4) is 0 Å². The second-order valence-corrected chi connectivity index (χ2v) is 5.77. The van der Waals surface area contributed by atoms with Crippen LogP contribution in [-0.4, -0.2) is 36.1 Å². The van der Waals surface area contributed by atoms with Gasteiger partial charge >= 0.3 is 0 Å². The number of ether oxygens (including phenoxy) is 1. The number of benzene rings is 1. The van der Waals surface area contributed by atoms with Gasteiger partial charge in [0.25, 0.3) is 5.91 Å². The zero-order chi connectivity index (χ0) is 13.3. The molecule has 0 aromatic heterocycles. The van der Waals surface area contributed by atoms with E-state index >= 15 is 0 Å². The van der Waals surface area contributed by atoms with E-state index in [0.717, 1.165) is 15.6 Å². The molecule has 4 heteroatoms. The third-order valence-corrected chi connectivity index (χ3v) is 4.16. The minimum Gasteiger partial charge on any atom is -0.375 e. The summed E-state index contributed by atoms with van der Waals surface area (Å²) in [6.07, 6.45) is 0.113. The lowest BCUT2D eigenvalue weighted by atomic mass is 10.1.